The van der Waals surface area contributed by atoms with Gasteiger partial charge in [0.2, 0.25) is 11.8 Å². The molecule has 0 bridgehead atoms. The first kappa shape index (κ1) is 25.8. The minimum Gasteiger partial charge on any atom is -0.481 e. The molecule has 3 unspecified atom stereocenters. The second-order valence-corrected chi connectivity index (χ2v) is 9.69. The molecule has 1 aliphatic rings. The summed E-state index contributed by atoms with van der Waals surface area (Å²) in [5.41, 5.74) is -0.487. The van der Waals surface area contributed by atoms with Crippen LogP contribution in [0.1, 0.15) is 50.5 Å². The van der Waals surface area contributed by atoms with E-state index >= 15 is 0 Å². The van der Waals surface area contributed by atoms with Crippen molar-refractivity contribution in [1.29, 1.82) is 0 Å². The van der Waals surface area contributed by atoms with Crippen LogP contribution in [0, 0.1) is 5.41 Å². The third-order valence-corrected chi connectivity index (χ3v) is 6.00. The highest BCUT2D eigenvalue weighted by Gasteiger charge is 2.42. The molecule has 186 valence electrons. The van der Waals surface area contributed by atoms with Gasteiger partial charge in [-0.05, 0) is 29.7 Å². The highest BCUT2D eigenvalue weighted by Crippen LogP contribution is 2.27. The van der Waals surface area contributed by atoms with Crippen LogP contribution >= 0.6 is 0 Å². The monoisotopic (exact) mass is 482 g/mol. The van der Waals surface area contributed by atoms with Gasteiger partial charge < -0.3 is 25.4 Å². The van der Waals surface area contributed by atoms with Gasteiger partial charge >= 0.3 is 5.97 Å². The highest BCUT2D eigenvalue weighted by atomic mass is 16.4. The summed E-state index contributed by atoms with van der Waals surface area (Å²) < 4.78 is 0. The third-order valence-electron chi connectivity index (χ3n) is 6.00. The maximum absolute atomic E-state index is 13.6. The van der Waals surface area contributed by atoms with E-state index in [4.69, 9.17) is 5.11 Å². The lowest BCUT2D eigenvalue weighted by molar-refractivity contribution is -0.143. The van der Waals surface area contributed by atoms with Crippen molar-refractivity contribution in [3.8, 4) is 0 Å². The molecule has 0 spiro atoms. The van der Waals surface area contributed by atoms with Gasteiger partial charge in [-0.25, -0.2) is 0 Å². The fourth-order valence-electron chi connectivity index (χ4n) is 4.22. The summed E-state index contributed by atoms with van der Waals surface area (Å²) in [6, 6.07) is 6.10. The van der Waals surface area contributed by atoms with Crippen LogP contribution in [0.4, 0.5) is 0 Å². The zero-order valence-electron chi connectivity index (χ0n) is 20.0. The van der Waals surface area contributed by atoms with Crippen LogP contribution in [0.5, 0.6) is 0 Å². The number of likely N-dealkylation sites (tertiary alicyclic amines) is 1. The normalized spacial score (nSPS) is 17.5. The number of hydrogen-bond donors (Lipinski definition) is 3. The van der Waals surface area contributed by atoms with E-state index in [0.717, 1.165) is 5.39 Å². The average Bonchev–Trinajstić information content (AvgIpc) is 3.30. The molecule has 1 saturated heterocycles. The zero-order chi connectivity index (χ0) is 25.8. The van der Waals surface area contributed by atoms with Crippen LogP contribution in [0.25, 0.3) is 10.8 Å². The number of aldehydes is 1. The fourth-order valence-corrected chi connectivity index (χ4v) is 4.22. The van der Waals surface area contributed by atoms with E-state index in [1.165, 1.54) is 11.1 Å². The Morgan fingerprint density at radius 3 is 2.54 bits per heavy atom. The number of nitrogens with zero attached hydrogens (tertiary/aromatic N) is 2. The van der Waals surface area contributed by atoms with E-state index in [1.807, 2.05) is 32.9 Å². The summed E-state index contributed by atoms with van der Waals surface area (Å²) in [7, 11) is 0. The second-order valence-electron chi connectivity index (χ2n) is 9.69. The molecule has 3 atom stereocenters. The number of rotatable bonds is 8. The topological polar surface area (TPSA) is 146 Å². The lowest BCUT2D eigenvalue weighted by Crippen LogP contribution is -2.58. The molecule has 2 heterocycles. The maximum Gasteiger partial charge on any atom is 0.305 e. The average molecular weight is 483 g/mol. The molecule has 10 heteroatoms. The molecule has 0 radical (unpaired) electrons. The summed E-state index contributed by atoms with van der Waals surface area (Å²) in [6.45, 7) is 5.74. The Kier molecular flexibility index (Phi) is 7.83. The minimum absolute atomic E-state index is 0.198. The number of aliphatic carboxylic acids is 1. The Balaban J connectivity index is 1.81. The maximum atomic E-state index is 13.6. The summed E-state index contributed by atoms with van der Waals surface area (Å²) in [4.78, 5) is 67.4. The van der Waals surface area contributed by atoms with Gasteiger partial charge in [0.1, 0.15) is 24.1 Å². The number of amides is 3. The quantitative estimate of drug-likeness (QED) is 0.484. The first-order chi connectivity index (χ1) is 16.5. The smallest absolute Gasteiger partial charge is 0.305 e. The zero-order valence-corrected chi connectivity index (χ0v) is 20.0. The van der Waals surface area contributed by atoms with Crippen LogP contribution in [-0.2, 0) is 19.2 Å². The van der Waals surface area contributed by atoms with Crippen molar-refractivity contribution in [3.05, 3.63) is 42.2 Å². The first-order valence-electron chi connectivity index (χ1n) is 11.5. The molecule has 0 aliphatic carbocycles. The van der Waals surface area contributed by atoms with Gasteiger partial charge in [-0.15, -0.1) is 0 Å². The van der Waals surface area contributed by atoms with Crippen LogP contribution in [-0.4, -0.2) is 69.6 Å². The highest BCUT2D eigenvalue weighted by molar-refractivity contribution is 6.06. The Morgan fingerprint density at radius 2 is 1.89 bits per heavy atom. The molecule has 10 nitrogen and oxygen atoms in total. The first-order valence-corrected chi connectivity index (χ1v) is 11.5. The number of aromatic nitrogens is 1. The van der Waals surface area contributed by atoms with Gasteiger partial charge in [-0.1, -0.05) is 45.0 Å². The van der Waals surface area contributed by atoms with Crippen molar-refractivity contribution < 1.29 is 29.1 Å². The van der Waals surface area contributed by atoms with Crippen LogP contribution in [0.15, 0.2) is 36.5 Å². The predicted octanol–water partition coefficient (Wildman–Crippen LogP) is 1.53. The summed E-state index contributed by atoms with van der Waals surface area (Å²) in [5.74, 6) is -2.74. The standard InChI is InChI=1S/C25H30N4O6/c1-25(2,3)21(28-23(34)20-17-8-5-4-7-15(17)10-11-26-20)24(35)29-12-6-9-18(29)22(33)27-16(14-30)13-19(31)32/h4-5,7-8,10-11,14,16,18,21H,6,9,12-13H2,1-3H3,(H,27,33)(H,28,34)(H,31,32). The van der Waals surface area contributed by atoms with E-state index in [1.54, 1.807) is 18.2 Å². The molecule has 1 fully saturated rings. The molecular weight excluding hydrogens is 452 g/mol. The van der Waals surface area contributed by atoms with Crippen LogP contribution < -0.4 is 10.6 Å². The third kappa shape index (κ3) is 6.00. The number of carbonyl (C=O) groups is 5. The fraction of sp³-hybridized carbons (Fsp3) is 0.440. The molecule has 3 amide bonds. The Hall–Kier alpha value is -3.82. The molecule has 3 N–H and O–H groups in total. The molecule has 2 aromatic rings. The van der Waals surface area contributed by atoms with Gasteiger partial charge in [-0.3, -0.25) is 24.2 Å². The minimum atomic E-state index is -1.22. The van der Waals surface area contributed by atoms with E-state index < -0.39 is 53.7 Å². The lowest BCUT2D eigenvalue weighted by Gasteiger charge is -2.35. The van der Waals surface area contributed by atoms with Crippen molar-refractivity contribution in [1.82, 2.24) is 20.5 Å². The molecular formula is C25H30N4O6. The van der Waals surface area contributed by atoms with Gasteiger partial charge in [0.05, 0.1) is 12.5 Å². The number of carboxylic acids is 1. The molecule has 3 rings (SSSR count). The summed E-state index contributed by atoms with van der Waals surface area (Å²) in [6.07, 6.45) is 2.28. The number of carboxylic acid groups (broad SMARTS) is 1. The molecule has 1 aromatic heterocycles. The molecule has 1 aliphatic heterocycles. The Morgan fingerprint density at radius 1 is 1.17 bits per heavy atom. The molecule has 0 saturated carbocycles. The van der Waals surface area contributed by atoms with Gasteiger partial charge in [0.15, 0.2) is 0 Å². The SMILES string of the molecule is CC(C)(C)C(NC(=O)c1nccc2ccccc12)C(=O)N1CCCC1C(=O)NC(C=O)CC(=O)O. The number of benzene rings is 1. The van der Waals surface area contributed by atoms with Gasteiger partial charge in [0.25, 0.3) is 5.91 Å². The number of pyridine rings is 1. The second kappa shape index (κ2) is 10.6. The van der Waals surface area contributed by atoms with Crippen molar-refractivity contribution in [2.75, 3.05) is 6.54 Å². The van der Waals surface area contributed by atoms with Crippen LogP contribution in [0.2, 0.25) is 0 Å². The Bertz CT molecular complexity index is 1140. The van der Waals surface area contributed by atoms with E-state index in [-0.39, 0.29) is 5.69 Å². The lowest BCUT2D eigenvalue weighted by atomic mass is 9.85. The van der Waals surface area contributed by atoms with Crippen molar-refractivity contribution in [2.45, 2.75) is 58.2 Å². The van der Waals surface area contributed by atoms with Gasteiger partial charge in [0, 0.05) is 18.1 Å². The van der Waals surface area contributed by atoms with Crippen molar-refractivity contribution in [2.24, 2.45) is 5.41 Å². The van der Waals surface area contributed by atoms with E-state index in [0.29, 0.717) is 31.1 Å². The van der Waals surface area contributed by atoms with Crippen molar-refractivity contribution >= 4 is 40.7 Å². The number of hydrogen-bond acceptors (Lipinski definition) is 6. The van der Waals surface area contributed by atoms with Crippen LogP contribution in [0.3, 0.4) is 0 Å². The Labute approximate surface area is 203 Å². The van der Waals surface area contributed by atoms with Crippen molar-refractivity contribution in [3.63, 3.8) is 0 Å². The predicted molar refractivity (Wildman–Crippen MR) is 127 cm³/mol. The molecule has 35 heavy (non-hydrogen) atoms. The summed E-state index contributed by atoms with van der Waals surface area (Å²) >= 11 is 0. The number of carbonyl (C=O) groups excluding carboxylic acids is 4. The largest absolute Gasteiger partial charge is 0.481 e. The number of fused-ring (bicyclic) bond motifs is 1. The summed E-state index contributed by atoms with van der Waals surface area (Å²) in [5, 5.41) is 15.6. The number of nitrogens with one attached hydrogen (secondary N) is 2. The molecule has 1 aromatic carbocycles. The van der Waals surface area contributed by atoms with E-state index in [2.05, 4.69) is 15.6 Å². The van der Waals surface area contributed by atoms with Gasteiger partial charge in [-0.2, -0.15) is 0 Å². The van der Waals surface area contributed by atoms with E-state index in [9.17, 15) is 24.0 Å².